The first-order chi connectivity index (χ1) is 12.4. The van der Waals surface area contributed by atoms with Gasteiger partial charge >= 0.3 is 12.5 Å². The summed E-state index contributed by atoms with van der Waals surface area (Å²) in [6, 6.07) is 10.5. The molecule has 27 heavy (non-hydrogen) atoms. The first-order valence-corrected chi connectivity index (χ1v) is 7.50. The Kier molecular flexibility index (Phi) is 5.91. The molecule has 2 rings (SSSR count). The van der Waals surface area contributed by atoms with Crippen LogP contribution < -0.4 is 15.2 Å². The predicted octanol–water partition coefficient (Wildman–Crippen LogP) is 3.92. The topological polar surface area (TPSA) is 64.7 Å². The Morgan fingerprint density at radius 3 is 2.00 bits per heavy atom. The van der Waals surface area contributed by atoms with Crippen LogP contribution in [-0.4, -0.2) is 23.4 Å². The molecular weight excluding hydrogens is 380 g/mol. The Bertz CT molecular complexity index is 774. The van der Waals surface area contributed by atoms with E-state index in [0.717, 1.165) is 12.1 Å². The maximum atomic E-state index is 12.6. The molecule has 0 aliphatic heterocycles. The third kappa shape index (κ3) is 6.33. The van der Waals surface area contributed by atoms with E-state index in [1.54, 1.807) is 0 Å². The summed E-state index contributed by atoms with van der Waals surface area (Å²) in [5, 5.41) is 9.33. The zero-order valence-corrected chi connectivity index (χ0v) is 13.6. The Morgan fingerprint density at radius 1 is 0.852 bits per heavy atom. The van der Waals surface area contributed by atoms with Gasteiger partial charge in [-0.3, -0.25) is 5.73 Å². The van der Waals surface area contributed by atoms with Crippen LogP contribution in [0.1, 0.15) is 11.1 Å². The fraction of sp³-hybridized carbons (Fsp3) is 0.294. The van der Waals surface area contributed by atoms with E-state index in [-0.39, 0.29) is 17.9 Å². The first kappa shape index (κ1) is 20.8. The Hall–Kier alpha value is -2.46. The van der Waals surface area contributed by atoms with Gasteiger partial charge in [0.2, 0.25) is 5.72 Å². The van der Waals surface area contributed by atoms with Crippen molar-refractivity contribution in [2.24, 2.45) is 5.73 Å². The number of nitrogens with two attached hydrogens (primary N) is 1. The summed E-state index contributed by atoms with van der Waals surface area (Å²) in [5.41, 5.74) is 1.93. The highest BCUT2D eigenvalue weighted by Crippen LogP contribution is 2.30. The summed E-state index contributed by atoms with van der Waals surface area (Å²) in [6.07, 6.45) is -10.7. The lowest BCUT2D eigenvalue weighted by molar-refractivity contribution is -0.274. The van der Waals surface area contributed by atoms with Crippen molar-refractivity contribution < 1.29 is 40.9 Å². The molecule has 1 atom stereocenters. The second-order valence-corrected chi connectivity index (χ2v) is 5.73. The zero-order valence-electron chi connectivity index (χ0n) is 13.6. The molecule has 4 nitrogen and oxygen atoms in total. The fourth-order valence-corrected chi connectivity index (χ4v) is 2.16. The van der Waals surface area contributed by atoms with Crippen molar-refractivity contribution in [3.8, 4) is 11.5 Å². The van der Waals surface area contributed by atoms with E-state index < -0.39 is 30.4 Å². The largest absolute Gasteiger partial charge is 0.573 e. The summed E-state index contributed by atoms with van der Waals surface area (Å²) in [5.74, 6) is -0.261. The first-order valence-electron chi connectivity index (χ1n) is 7.50. The minimum atomic E-state index is -5.01. The molecule has 1 unspecified atom stereocenters. The number of aliphatic hydroxyl groups is 1. The van der Waals surface area contributed by atoms with Crippen LogP contribution in [0.25, 0.3) is 0 Å². The lowest BCUT2D eigenvalue weighted by atomic mass is 10.0. The van der Waals surface area contributed by atoms with Crippen molar-refractivity contribution in [1.82, 2.24) is 0 Å². The molecule has 0 aliphatic carbocycles. The van der Waals surface area contributed by atoms with Crippen LogP contribution >= 0.6 is 0 Å². The van der Waals surface area contributed by atoms with Crippen molar-refractivity contribution in [3.63, 3.8) is 0 Å². The van der Waals surface area contributed by atoms with Crippen molar-refractivity contribution in [2.45, 2.75) is 31.3 Å². The minimum Gasteiger partial charge on any atom is -0.489 e. The van der Waals surface area contributed by atoms with Gasteiger partial charge in [0.05, 0.1) is 0 Å². The normalized spacial score (nSPS) is 14.5. The van der Waals surface area contributed by atoms with E-state index in [1.807, 2.05) is 0 Å². The van der Waals surface area contributed by atoms with Crippen molar-refractivity contribution in [3.05, 3.63) is 59.7 Å². The smallest absolute Gasteiger partial charge is 0.489 e. The molecule has 0 bridgehead atoms. The van der Waals surface area contributed by atoms with Crippen molar-refractivity contribution in [2.75, 3.05) is 0 Å². The van der Waals surface area contributed by atoms with Gasteiger partial charge in [-0.25, -0.2) is 0 Å². The maximum Gasteiger partial charge on any atom is 0.573 e. The predicted molar refractivity (Wildman–Crippen MR) is 82.8 cm³/mol. The third-order valence-corrected chi connectivity index (χ3v) is 3.40. The van der Waals surface area contributed by atoms with Crippen molar-refractivity contribution in [1.29, 1.82) is 0 Å². The molecule has 0 amide bonds. The molecule has 0 aliphatic rings. The molecule has 2 aromatic rings. The summed E-state index contributed by atoms with van der Waals surface area (Å²) in [6.45, 7) is -0.148. The molecule has 10 heteroatoms. The molecule has 3 N–H and O–H groups in total. The van der Waals surface area contributed by atoms with Crippen LogP contribution in [0.2, 0.25) is 0 Å². The van der Waals surface area contributed by atoms with Gasteiger partial charge in [-0.2, -0.15) is 13.2 Å². The average molecular weight is 395 g/mol. The molecule has 0 saturated heterocycles. The SMILES string of the molecule is NC(O)(Cc1cccc(OCc2cccc(OC(F)(F)F)c2)c1)C(F)(F)F. The lowest BCUT2D eigenvalue weighted by Gasteiger charge is -2.26. The van der Waals surface area contributed by atoms with Crippen LogP contribution in [0.4, 0.5) is 26.3 Å². The van der Waals surface area contributed by atoms with Crippen LogP contribution in [0, 0.1) is 0 Å². The van der Waals surface area contributed by atoms with Gasteiger partial charge in [0.25, 0.3) is 0 Å². The number of benzene rings is 2. The molecule has 0 saturated carbocycles. The molecule has 2 aromatic carbocycles. The number of halogens is 6. The zero-order chi connectivity index (χ0) is 20.3. The Labute approximate surface area is 150 Å². The average Bonchev–Trinajstić information content (AvgIpc) is 2.50. The van der Waals surface area contributed by atoms with Gasteiger partial charge in [0, 0.05) is 6.42 Å². The van der Waals surface area contributed by atoms with Gasteiger partial charge in [-0.1, -0.05) is 24.3 Å². The summed E-state index contributed by atoms with van der Waals surface area (Å²) >= 11 is 0. The Morgan fingerprint density at radius 2 is 1.41 bits per heavy atom. The fourth-order valence-electron chi connectivity index (χ4n) is 2.16. The molecule has 0 fully saturated rings. The van der Waals surface area contributed by atoms with E-state index in [1.165, 1.54) is 36.4 Å². The lowest BCUT2D eigenvalue weighted by Crippen LogP contribution is -2.55. The van der Waals surface area contributed by atoms with Crippen LogP contribution in [0.15, 0.2) is 48.5 Å². The second kappa shape index (κ2) is 7.65. The van der Waals surface area contributed by atoms with Crippen LogP contribution in [-0.2, 0) is 13.0 Å². The molecule has 0 spiro atoms. The highest BCUT2D eigenvalue weighted by molar-refractivity contribution is 5.31. The van der Waals surface area contributed by atoms with E-state index in [9.17, 15) is 31.4 Å². The number of hydrogen-bond donors (Lipinski definition) is 2. The van der Waals surface area contributed by atoms with Crippen LogP contribution in [0.5, 0.6) is 11.5 Å². The number of hydrogen-bond acceptors (Lipinski definition) is 4. The maximum absolute atomic E-state index is 12.6. The number of alkyl halides is 6. The monoisotopic (exact) mass is 395 g/mol. The number of ether oxygens (including phenoxy) is 2. The standard InChI is InChI=1S/C17H15F6NO3/c18-16(19,20)15(24,25)9-11-3-1-5-13(7-11)26-10-12-4-2-6-14(8-12)27-17(21,22)23/h1-8,25H,9-10,24H2. The van der Waals surface area contributed by atoms with E-state index in [0.29, 0.717) is 5.56 Å². The Balaban J connectivity index is 2.04. The molecule has 0 heterocycles. The van der Waals surface area contributed by atoms with Crippen molar-refractivity contribution >= 4 is 0 Å². The molecule has 148 valence electrons. The van der Waals surface area contributed by atoms with Gasteiger partial charge in [0.15, 0.2) is 0 Å². The van der Waals surface area contributed by atoms with E-state index >= 15 is 0 Å². The van der Waals surface area contributed by atoms with Gasteiger partial charge < -0.3 is 14.6 Å². The van der Waals surface area contributed by atoms with Crippen LogP contribution in [0.3, 0.4) is 0 Å². The summed E-state index contributed by atoms with van der Waals surface area (Å²) in [4.78, 5) is 0. The highest BCUT2D eigenvalue weighted by Gasteiger charge is 2.50. The summed E-state index contributed by atoms with van der Waals surface area (Å²) in [7, 11) is 0. The molecular formula is C17H15F6NO3. The highest BCUT2D eigenvalue weighted by atomic mass is 19.4. The van der Waals surface area contributed by atoms with E-state index in [2.05, 4.69) is 4.74 Å². The second-order valence-electron chi connectivity index (χ2n) is 5.73. The van der Waals surface area contributed by atoms with Gasteiger partial charge in [-0.05, 0) is 35.4 Å². The van der Waals surface area contributed by atoms with Gasteiger partial charge in [0.1, 0.15) is 18.1 Å². The molecule has 0 radical (unpaired) electrons. The summed E-state index contributed by atoms with van der Waals surface area (Å²) < 4.78 is 83.8. The number of rotatable bonds is 6. The minimum absolute atomic E-state index is 0.0731. The quantitative estimate of drug-likeness (QED) is 0.575. The third-order valence-electron chi connectivity index (χ3n) is 3.40. The van der Waals surface area contributed by atoms with E-state index in [4.69, 9.17) is 10.5 Å². The van der Waals surface area contributed by atoms with Gasteiger partial charge in [-0.15, -0.1) is 13.2 Å². The molecule has 0 aromatic heterocycles.